The van der Waals surface area contributed by atoms with Gasteiger partial charge in [0, 0.05) is 38.7 Å². The minimum absolute atomic E-state index is 0.0666. The van der Waals surface area contributed by atoms with E-state index < -0.39 is 11.8 Å². The largest absolute Gasteiger partial charge is 0.383 e. The smallest absolute Gasteiger partial charge is 0.223 e. The molecule has 0 N–H and O–H groups in total. The van der Waals surface area contributed by atoms with Crippen LogP contribution < -0.4 is 0 Å². The lowest BCUT2D eigenvalue weighted by Crippen LogP contribution is -2.30. The number of ketones is 1. The van der Waals surface area contributed by atoms with Crippen molar-refractivity contribution in [3.05, 3.63) is 30.1 Å². The third kappa shape index (κ3) is 3.44. The SMILES string of the molecule is COCCN1C[C@@H](C(=O)[C@H](C#N)c2ccccn2)CC1=O. The molecule has 2 heterocycles. The van der Waals surface area contributed by atoms with Gasteiger partial charge in [-0.25, -0.2) is 0 Å². The van der Waals surface area contributed by atoms with Crippen molar-refractivity contribution in [1.82, 2.24) is 9.88 Å². The minimum Gasteiger partial charge on any atom is -0.383 e. The lowest BCUT2D eigenvalue weighted by molar-refractivity contribution is -0.129. The van der Waals surface area contributed by atoms with E-state index in [4.69, 9.17) is 4.74 Å². The predicted octanol–water partition coefficient (Wildman–Crippen LogP) is 0.753. The Morgan fingerprint density at radius 1 is 1.62 bits per heavy atom. The number of likely N-dealkylation sites (tertiary alicyclic amines) is 1. The molecule has 2 atom stereocenters. The quantitative estimate of drug-likeness (QED) is 0.771. The van der Waals surface area contributed by atoms with Crippen LogP contribution in [0.5, 0.6) is 0 Å². The number of nitriles is 1. The number of rotatable bonds is 6. The van der Waals surface area contributed by atoms with Crippen LogP contribution in [0.25, 0.3) is 0 Å². The number of ether oxygens (including phenoxy) is 1. The number of pyridine rings is 1. The molecule has 6 heteroatoms. The van der Waals surface area contributed by atoms with Gasteiger partial charge < -0.3 is 9.64 Å². The van der Waals surface area contributed by atoms with Crippen LogP contribution in [0, 0.1) is 17.2 Å². The van der Waals surface area contributed by atoms with Gasteiger partial charge in [0.2, 0.25) is 5.91 Å². The molecule has 0 radical (unpaired) electrons. The molecule has 0 aliphatic carbocycles. The summed E-state index contributed by atoms with van der Waals surface area (Å²) in [6.07, 6.45) is 1.71. The molecule has 1 aromatic heterocycles. The molecule has 1 aliphatic rings. The summed E-state index contributed by atoms with van der Waals surface area (Å²) in [5.74, 6) is -1.65. The van der Waals surface area contributed by atoms with Crippen LogP contribution in [0.3, 0.4) is 0 Å². The Labute approximate surface area is 123 Å². The Kier molecular flexibility index (Phi) is 5.01. The van der Waals surface area contributed by atoms with Gasteiger partial charge in [0.25, 0.3) is 0 Å². The minimum atomic E-state index is -0.911. The molecule has 1 amide bonds. The van der Waals surface area contributed by atoms with Crippen molar-refractivity contribution in [2.45, 2.75) is 12.3 Å². The maximum absolute atomic E-state index is 12.5. The third-order valence-electron chi connectivity index (χ3n) is 3.58. The second-order valence-corrected chi connectivity index (χ2v) is 4.95. The number of hydrogen-bond donors (Lipinski definition) is 0. The fraction of sp³-hybridized carbons (Fsp3) is 0.467. The van der Waals surface area contributed by atoms with E-state index in [1.807, 2.05) is 6.07 Å². The van der Waals surface area contributed by atoms with Gasteiger partial charge in [-0.1, -0.05) is 6.07 Å². The molecule has 0 spiro atoms. The van der Waals surface area contributed by atoms with E-state index in [0.29, 0.717) is 25.4 Å². The van der Waals surface area contributed by atoms with Gasteiger partial charge in [0.15, 0.2) is 5.78 Å². The average molecular weight is 287 g/mol. The molecule has 0 bridgehead atoms. The lowest BCUT2D eigenvalue weighted by Gasteiger charge is -2.16. The van der Waals surface area contributed by atoms with Crippen molar-refractivity contribution in [2.24, 2.45) is 5.92 Å². The highest BCUT2D eigenvalue weighted by atomic mass is 16.5. The van der Waals surface area contributed by atoms with Crippen LogP contribution in [0.2, 0.25) is 0 Å². The third-order valence-corrected chi connectivity index (χ3v) is 3.58. The van der Waals surface area contributed by atoms with Crippen molar-refractivity contribution in [3.63, 3.8) is 0 Å². The zero-order chi connectivity index (χ0) is 15.2. The van der Waals surface area contributed by atoms with E-state index in [1.54, 1.807) is 36.4 Å². The predicted molar refractivity (Wildman–Crippen MR) is 74.2 cm³/mol. The molecule has 6 nitrogen and oxygen atoms in total. The van der Waals surface area contributed by atoms with Gasteiger partial charge in [-0.05, 0) is 12.1 Å². The summed E-state index contributed by atoms with van der Waals surface area (Å²) in [5.41, 5.74) is 0.438. The molecule has 1 saturated heterocycles. The molecule has 0 aromatic carbocycles. The number of carbonyl (C=O) groups excluding carboxylic acids is 2. The van der Waals surface area contributed by atoms with Gasteiger partial charge >= 0.3 is 0 Å². The molecule has 0 unspecified atom stereocenters. The van der Waals surface area contributed by atoms with Crippen molar-refractivity contribution < 1.29 is 14.3 Å². The number of hydrogen-bond acceptors (Lipinski definition) is 5. The zero-order valence-electron chi connectivity index (χ0n) is 11.9. The number of aromatic nitrogens is 1. The topological polar surface area (TPSA) is 83.3 Å². The maximum Gasteiger partial charge on any atom is 0.223 e. The van der Waals surface area contributed by atoms with Crippen LogP contribution in [-0.2, 0) is 14.3 Å². The fourth-order valence-corrected chi connectivity index (χ4v) is 2.44. The Bertz CT molecular complexity index is 553. The van der Waals surface area contributed by atoms with Crippen LogP contribution in [0.15, 0.2) is 24.4 Å². The highest BCUT2D eigenvalue weighted by molar-refractivity contribution is 5.95. The molecular formula is C15H17N3O3. The van der Waals surface area contributed by atoms with E-state index in [2.05, 4.69) is 4.98 Å². The number of carbonyl (C=O) groups is 2. The Morgan fingerprint density at radius 2 is 2.43 bits per heavy atom. The summed E-state index contributed by atoms with van der Waals surface area (Å²) < 4.78 is 4.94. The summed E-state index contributed by atoms with van der Waals surface area (Å²) in [7, 11) is 1.57. The van der Waals surface area contributed by atoms with E-state index in [-0.39, 0.29) is 18.1 Å². The summed E-state index contributed by atoms with van der Waals surface area (Å²) in [4.78, 5) is 30.0. The molecule has 1 aromatic rings. The number of methoxy groups -OCH3 is 1. The summed E-state index contributed by atoms with van der Waals surface area (Å²) in [6, 6.07) is 7.13. The fourth-order valence-electron chi connectivity index (χ4n) is 2.44. The molecule has 2 rings (SSSR count). The summed E-state index contributed by atoms with van der Waals surface area (Å²) in [5, 5.41) is 9.25. The van der Waals surface area contributed by atoms with Crippen LogP contribution in [0.4, 0.5) is 0 Å². The van der Waals surface area contributed by atoms with Gasteiger partial charge in [-0.2, -0.15) is 5.26 Å². The first-order valence-electron chi connectivity index (χ1n) is 6.78. The first kappa shape index (κ1) is 15.1. The highest BCUT2D eigenvalue weighted by Gasteiger charge is 2.38. The second kappa shape index (κ2) is 6.95. The normalized spacial score (nSPS) is 19.3. The van der Waals surface area contributed by atoms with E-state index in [1.165, 1.54) is 0 Å². The Hall–Kier alpha value is -2.26. The van der Waals surface area contributed by atoms with Gasteiger partial charge in [0.05, 0.1) is 18.4 Å². The Morgan fingerprint density at radius 3 is 3.05 bits per heavy atom. The van der Waals surface area contributed by atoms with Crippen molar-refractivity contribution >= 4 is 11.7 Å². The second-order valence-electron chi connectivity index (χ2n) is 4.95. The molecule has 21 heavy (non-hydrogen) atoms. The summed E-state index contributed by atoms with van der Waals surface area (Å²) in [6.45, 7) is 1.26. The maximum atomic E-state index is 12.5. The van der Waals surface area contributed by atoms with Crippen LogP contribution in [-0.4, -0.2) is 48.4 Å². The zero-order valence-corrected chi connectivity index (χ0v) is 11.9. The van der Waals surface area contributed by atoms with Gasteiger partial charge in [-0.3, -0.25) is 14.6 Å². The Balaban J connectivity index is 2.06. The molecular weight excluding hydrogens is 270 g/mol. The van der Waals surface area contributed by atoms with Gasteiger partial charge in [0.1, 0.15) is 5.92 Å². The lowest BCUT2D eigenvalue weighted by atomic mass is 9.90. The van der Waals surface area contributed by atoms with Crippen molar-refractivity contribution in [3.8, 4) is 6.07 Å². The average Bonchev–Trinajstić information content (AvgIpc) is 2.88. The summed E-state index contributed by atoms with van der Waals surface area (Å²) >= 11 is 0. The van der Waals surface area contributed by atoms with Gasteiger partial charge in [-0.15, -0.1) is 0 Å². The van der Waals surface area contributed by atoms with Crippen molar-refractivity contribution in [1.29, 1.82) is 5.26 Å². The number of Topliss-reactive ketones (excluding diaryl/α,β-unsaturated/α-hetero) is 1. The monoisotopic (exact) mass is 287 g/mol. The molecule has 1 fully saturated rings. The highest BCUT2D eigenvalue weighted by Crippen LogP contribution is 2.25. The molecule has 1 aliphatic heterocycles. The van der Waals surface area contributed by atoms with E-state index >= 15 is 0 Å². The number of nitrogens with zero attached hydrogens (tertiary/aromatic N) is 3. The van der Waals surface area contributed by atoms with E-state index in [0.717, 1.165) is 0 Å². The van der Waals surface area contributed by atoms with Crippen LogP contribution >= 0.6 is 0 Å². The van der Waals surface area contributed by atoms with E-state index in [9.17, 15) is 14.9 Å². The first-order chi connectivity index (χ1) is 10.2. The standard InChI is InChI=1S/C15H17N3O3/c1-21-7-6-18-10-11(8-14(18)19)15(20)12(9-16)13-4-2-3-5-17-13/h2-5,11-12H,6-8,10H2,1H3/t11-,12+/m0/s1. The molecule has 0 saturated carbocycles. The molecule has 110 valence electrons. The van der Waals surface area contributed by atoms with Crippen LogP contribution in [0.1, 0.15) is 18.0 Å². The number of amides is 1. The first-order valence-corrected chi connectivity index (χ1v) is 6.78. The van der Waals surface area contributed by atoms with Crippen molar-refractivity contribution in [2.75, 3.05) is 26.8 Å².